The lowest BCUT2D eigenvalue weighted by Crippen LogP contribution is -2.54. The summed E-state index contributed by atoms with van der Waals surface area (Å²) in [7, 11) is 0. The maximum absolute atomic E-state index is 13.3. The van der Waals surface area contributed by atoms with Gasteiger partial charge in [0.25, 0.3) is 0 Å². The van der Waals surface area contributed by atoms with Crippen molar-refractivity contribution in [1.82, 2.24) is 10.2 Å². The lowest BCUT2D eigenvalue weighted by molar-refractivity contribution is -0.222. The molecule has 2 rings (SSSR count). The second-order valence-corrected chi connectivity index (χ2v) is 5.21. The first-order valence-corrected chi connectivity index (χ1v) is 6.51. The molecule has 2 aliphatic rings. The fourth-order valence-corrected chi connectivity index (χ4v) is 3.04. The van der Waals surface area contributed by atoms with E-state index in [0.717, 1.165) is 19.3 Å². The maximum atomic E-state index is 13.3. The summed E-state index contributed by atoms with van der Waals surface area (Å²) in [5, 5.41) is 2.69. The van der Waals surface area contributed by atoms with Gasteiger partial charge in [-0.2, -0.15) is 13.2 Å². The smallest absolute Gasteiger partial charge is 0.339 e. The average Bonchev–Trinajstić information content (AvgIpc) is 2.96. The Morgan fingerprint density at radius 2 is 2.22 bits per heavy atom. The van der Waals surface area contributed by atoms with Crippen molar-refractivity contribution in [2.24, 2.45) is 5.41 Å². The average molecular weight is 264 g/mol. The summed E-state index contributed by atoms with van der Waals surface area (Å²) < 4.78 is 39.8. The van der Waals surface area contributed by atoms with Crippen LogP contribution in [0, 0.1) is 5.41 Å². The van der Waals surface area contributed by atoms with Crippen LogP contribution in [0.5, 0.6) is 0 Å². The number of carbonyl (C=O) groups excluding carboxylic acids is 1. The van der Waals surface area contributed by atoms with E-state index in [1.165, 1.54) is 4.90 Å². The summed E-state index contributed by atoms with van der Waals surface area (Å²) in [6, 6.07) is -0.0164. The minimum Gasteiger partial charge on any atom is -0.339 e. The van der Waals surface area contributed by atoms with E-state index in [4.69, 9.17) is 0 Å². The van der Waals surface area contributed by atoms with Crippen LogP contribution in [-0.4, -0.2) is 42.7 Å². The zero-order valence-corrected chi connectivity index (χ0v) is 10.5. The van der Waals surface area contributed by atoms with Gasteiger partial charge in [-0.15, -0.1) is 0 Å². The van der Waals surface area contributed by atoms with Gasteiger partial charge < -0.3 is 10.2 Å². The van der Waals surface area contributed by atoms with Gasteiger partial charge in [-0.3, -0.25) is 4.79 Å². The van der Waals surface area contributed by atoms with Crippen LogP contribution >= 0.6 is 0 Å². The van der Waals surface area contributed by atoms with E-state index in [0.29, 0.717) is 6.54 Å². The van der Waals surface area contributed by atoms with E-state index in [-0.39, 0.29) is 25.6 Å². The molecule has 0 aromatic carbocycles. The Balaban J connectivity index is 2.24. The minimum absolute atomic E-state index is 0.0164. The number of likely N-dealkylation sites (tertiary alicyclic amines) is 1. The number of carbonyl (C=O) groups is 1. The van der Waals surface area contributed by atoms with Crippen LogP contribution < -0.4 is 5.32 Å². The standard InChI is InChI=1S/C12H19F3N2O/c1-2-9-4-3-7-17(9)10(18)11(12(13,14)15)5-6-16-8-11/h9,16H,2-8H2,1H3. The van der Waals surface area contributed by atoms with Crippen LogP contribution in [-0.2, 0) is 4.79 Å². The Labute approximate surface area is 105 Å². The van der Waals surface area contributed by atoms with Gasteiger partial charge in [0, 0.05) is 19.1 Å². The molecule has 104 valence electrons. The van der Waals surface area contributed by atoms with Crippen LogP contribution in [0.3, 0.4) is 0 Å². The van der Waals surface area contributed by atoms with Crippen LogP contribution in [0.15, 0.2) is 0 Å². The zero-order chi connectivity index (χ0) is 13.4. The van der Waals surface area contributed by atoms with Crippen molar-refractivity contribution in [3.05, 3.63) is 0 Å². The summed E-state index contributed by atoms with van der Waals surface area (Å²) in [5.74, 6) is -0.718. The molecule has 0 spiro atoms. The van der Waals surface area contributed by atoms with Crippen molar-refractivity contribution in [3.8, 4) is 0 Å². The number of rotatable bonds is 2. The number of hydrogen-bond acceptors (Lipinski definition) is 2. The maximum Gasteiger partial charge on any atom is 0.404 e. The molecule has 2 atom stereocenters. The van der Waals surface area contributed by atoms with Gasteiger partial charge in [-0.25, -0.2) is 0 Å². The van der Waals surface area contributed by atoms with Crippen molar-refractivity contribution >= 4 is 5.91 Å². The van der Waals surface area contributed by atoms with Gasteiger partial charge in [-0.1, -0.05) is 6.92 Å². The highest BCUT2D eigenvalue weighted by Crippen LogP contribution is 2.45. The summed E-state index contributed by atoms with van der Waals surface area (Å²) in [6.45, 7) is 2.37. The highest BCUT2D eigenvalue weighted by Gasteiger charge is 2.63. The molecular weight excluding hydrogens is 245 g/mol. The molecule has 0 bridgehead atoms. The number of hydrogen-bond donors (Lipinski definition) is 1. The molecule has 1 N–H and O–H groups in total. The molecule has 2 saturated heterocycles. The van der Waals surface area contributed by atoms with Crippen LogP contribution in [0.25, 0.3) is 0 Å². The number of nitrogens with one attached hydrogen (secondary N) is 1. The summed E-state index contributed by atoms with van der Waals surface area (Å²) >= 11 is 0. The molecule has 2 fully saturated rings. The summed E-state index contributed by atoms with van der Waals surface area (Å²) in [4.78, 5) is 13.8. The van der Waals surface area contributed by atoms with Crippen molar-refractivity contribution in [2.45, 2.75) is 44.8 Å². The van der Waals surface area contributed by atoms with Crippen LogP contribution in [0.4, 0.5) is 13.2 Å². The van der Waals surface area contributed by atoms with Crippen molar-refractivity contribution in [1.29, 1.82) is 0 Å². The largest absolute Gasteiger partial charge is 0.404 e. The van der Waals surface area contributed by atoms with Crippen molar-refractivity contribution in [2.75, 3.05) is 19.6 Å². The van der Waals surface area contributed by atoms with Gasteiger partial charge in [-0.05, 0) is 32.2 Å². The third-order valence-electron chi connectivity index (χ3n) is 4.22. The second kappa shape index (κ2) is 4.72. The number of halogens is 3. The molecule has 6 heteroatoms. The van der Waals surface area contributed by atoms with E-state index in [9.17, 15) is 18.0 Å². The molecule has 0 aromatic rings. The number of alkyl halides is 3. The van der Waals surface area contributed by atoms with Gasteiger partial charge in [0.1, 0.15) is 0 Å². The van der Waals surface area contributed by atoms with Crippen LogP contribution in [0.2, 0.25) is 0 Å². The van der Waals surface area contributed by atoms with Crippen LogP contribution in [0.1, 0.15) is 32.6 Å². The number of nitrogens with zero attached hydrogens (tertiary/aromatic N) is 1. The molecule has 2 unspecified atom stereocenters. The third kappa shape index (κ3) is 2.00. The van der Waals surface area contributed by atoms with E-state index < -0.39 is 17.5 Å². The first-order chi connectivity index (χ1) is 8.42. The lowest BCUT2D eigenvalue weighted by Gasteiger charge is -2.36. The van der Waals surface area contributed by atoms with Crippen molar-refractivity contribution < 1.29 is 18.0 Å². The minimum atomic E-state index is -4.46. The Morgan fingerprint density at radius 3 is 2.72 bits per heavy atom. The first-order valence-electron chi connectivity index (χ1n) is 6.51. The van der Waals surface area contributed by atoms with E-state index in [1.54, 1.807) is 0 Å². The third-order valence-corrected chi connectivity index (χ3v) is 4.22. The molecule has 2 aliphatic heterocycles. The monoisotopic (exact) mass is 264 g/mol. The predicted octanol–water partition coefficient (Wildman–Crippen LogP) is 1.93. The Hall–Kier alpha value is -0.780. The fourth-order valence-electron chi connectivity index (χ4n) is 3.04. The molecule has 0 aromatic heterocycles. The molecule has 0 aliphatic carbocycles. The Kier molecular flexibility index (Phi) is 3.58. The molecule has 3 nitrogen and oxygen atoms in total. The molecule has 2 heterocycles. The Morgan fingerprint density at radius 1 is 1.50 bits per heavy atom. The topological polar surface area (TPSA) is 32.3 Å². The molecule has 0 radical (unpaired) electrons. The van der Waals surface area contributed by atoms with Gasteiger partial charge in [0.2, 0.25) is 5.91 Å². The second-order valence-electron chi connectivity index (χ2n) is 5.21. The SMILES string of the molecule is CCC1CCCN1C(=O)C1(C(F)(F)F)CCNC1. The zero-order valence-electron chi connectivity index (χ0n) is 10.5. The highest BCUT2D eigenvalue weighted by atomic mass is 19.4. The first kappa shape index (κ1) is 13.6. The Bertz CT molecular complexity index is 324. The van der Waals surface area contributed by atoms with Gasteiger partial charge in [0.05, 0.1) is 0 Å². The van der Waals surface area contributed by atoms with Gasteiger partial charge >= 0.3 is 6.18 Å². The predicted molar refractivity (Wildman–Crippen MR) is 61.0 cm³/mol. The fraction of sp³-hybridized carbons (Fsp3) is 0.917. The van der Waals surface area contributed by atoms with E-state index >= 15 is 0 Å². The summed E-state index contributed by atoms with van der Waals surface area (Å²) in [6.07, 6.45) is -2.24. The quantitative estimate of drug-likeness (QED) is 0.826. The van der Waals surface area contributed by atoms with Crippen molar-refractivity contribution in [3.63, 3.8) is 0 Å². The van der Waals surface area contributed by atoms with E-state index in [1.807, 2.05) is 6.92 Å². The summed E-state index contributed by atoms with van der Waals surface area (Å²) in [5.41, 5.74) is -2.19. The lowest BCUT2D eigenvalue weighted by atomic mass is 9.84. The molecular formula is C12H19F3N2O. The molecule has 18 heavy (non-hydrogen) atoms. The number of amides is 1. The normalized spacial score (nSPS) is 33.1. The molecule has 1 amide bonds. The molecule has 0 saturated carbocycles. The van der Waals surface area contributed by atoms with Gasteiger partial charge in [0.15, 0.2) is 5.41 Å². The highest BCUT2D eigenvalue weighted by molar-refractivity contribution is 5.85. The van der Waals surface area contributed by atoms with E-state index in [2.05, 4.69) is 5.32 Å².